The van der Waals surface area contributed by atoms with Crippen LogP contribution in [0.1, 0.15) is 30.7 Å². The van der Waals surface area contributed by atoms with E-state index in [-0.39, 0.29) is 11.7 Å². The van der Waals surface area contributed by atoms with Gasteiger partial charge in [0.15, 0.2) is 11.5 Å². The van der Waals surface area contributed by atoms with Crippen LogP contribution >= 0.6 is 0 Å². The van der Waals surface area contributed by atoms with E-state index in [1.54, 1.807) is 12.1 Å². The molecule has 1 aromatic carbocycles. The van der Waals surface area contributed by atoms with Crippen LogP contribution in [-0.4, -0.2) is 36.5 Å². The van der Waals surface area contributed by atoms with Crippen molar-refractivity contribution in [2.75, 3.05) is 20.7 Å². The molecule has 0 aromatic heterocycles. The van der Waals surface area contributed by atoms with Crippen LogP contribution in [0.2, 0.25) is 0 Å². The fraction of sp³-hybridized carbons (Fsp3) is 0.500. The van der Waals surface area contributed by atoms with Crippen molar-refractivity contribution >= 4 is 0 Å². The van der Waals surface area contributed by atoms with Gasteiger partial charge in [0.2, 0.25) is 0 Å². The molecule has 2 rings (SSSR count). The van der Waals surface area contributed by atoms with Gasteiger partial charge in [-0.2, -0.15) is 0 Å². The van der Waals surface area contributed by atoms with Crippen LogP contribution in [-0.2, 0) is 0 Å². The second-order valence-corrected chi connectivity index (χ2v) is 5.33. The van der Waals surface area contributed by atoms with Gasteiger partial charge in [-0.25, -0.2) is 0 Å². The highest BCUT2D eigenvalue weighted by Gasteiger charge is 2.36. The second-order valence-electron chi connectivity index (χ2n) is 5.33. The zero-order valence-corrected chi connectivity index (χ0v) is 12.1. The number of aromatic hydroxyl groups is 1. The first-order valence-corrected chi connectivity index (χ1v) is 7.02. The van der Waals surface area contributed by atoms with Crippen molar-refractivity contribution < 1.29 is 14.9 Å². The minimum atomic E-state index is -0.859. The summed E-state index contributed by atoms with van der Waals surface area (Å²) in [5.74, 6) is 0.457. The van der Waals surface area contributed by atoms with Gasteiger partial charge in [-0.1, -0.05) is 18.2 Å². The molecule has 110 valence electrons. The number of rotatable bonds is 5. The van der Waals surface area contributed by atoms with E-state index < -0.39 is 5.60 Å². The quantitative estimate of drug-likeness (QED) is 0.722. The molecule has 0 fully saturated rings. The summed E-state index contributed by atoms with van der Waals surface area (Å²) in [5.41, 5.74) is 0.0501. The third kappa shape index (κ3) is 2.97. The normalized spacial score (nSPS) is 23.6. The zero-order valence-electron chi connectivity index (χ0n) is 12.1. The maximum Gasteiger partial charge on any atom is 0.160 e. The predicted molar refractivity (Wildman–Crippen MR) is 79.3 cm³/mol. The molecule has 0 aliphatic heterocycles. The molecule has 20 heavy (non-hydrogen) atoms. The fourth-order valence-electron chi connectivity index (χ4n) is 2.88. The molecule has 0 radical (unpaired) electrons. The van der Waals surface area contributed by atoms with Crippen LogP contribution < -0.4 is 10.1 Å². The molecule has 1 aliphatic rings. The molecule has 0 saturated carbocycles. The molecule has 2 unspecified atom stereocenters. The Balaban J connectivity index is 2.35. The highest BCUT2D eigenvalue weighted by molar-refractivity contribution is 5.44. The molecule has 0 bridgehead atoms. The van der Waals surface area contributed by atoms with Crippen LogP contribution in [0.25, 0.3) is 0 Å². The summed E-state index contributed by atoms with van der Waals surface area (Å²) in [7, 11) is 3.39. The number of likely N-dealkylation sites (N-methyl/N-ethyl adjacent to an activating group) is 1. The Bertz CT molecular complexity index is 487. The summed E-state index contributed by atoms with van der Waals surface area (Å²) in [6.07, 6.45) is 6.68. The van der Waals surface area contributed by atoms with Gasteiger partial charge in [0.05, 0.1) is 12.7 Å². The van der Waals surface area contributed by atoms with E-state index in [2.05, 4.69) is 5.32 Å². The maximum absolute atomic E-state index is 10.9. The van der Waals surface area contributed by atoms with Crippen molar-refractivity contribution in [1.29, 1.82) is 0 Å². The number of methoxy groups -OCH3 is 1. The van der Waals surface area contributed by atoms with Crippen LogP contribution in [0.15, 0.2) is 30.4 Å². The van der Waals surface area contributed by atoms with E-state index in [9.17, 15) is 10.2 Å². The number of hydrogen-bond acceptors (Lipinski definition) is 4. The standard InChI is InChI=1S/C16H23NO3/c1-17-11-13(16(19)8-4-3-5-9-16)12-6-7-15(20-2)14(18)10-12/h4,6-8,10,13,17-19H,3,5,9,11H2,1-2H3. The molecular weight excluding hydrogens is 254 g/mol. The van der Waals surface area contributed by atoms with Gasteiger partial charge in [0, 0.05) is 12.5 Å². The maximum atomic E-state index is 10.9. The topological polar surface area (TPSA) is 61.7 Å². The Labute approximate surface area is 120 Å². The third-order valence-electron chi connectivity index (χ3n) is 3.97. The lowest BCUT2D eigenvalue weighted by molar-refractivity contribution is 0.0457. The number of phenolic OH excluding ortho intramolecular Hbond substituents is 1. The molecule has 4 heteroatoms. The lowest BCUT2D eigenvalue weighted by Gasteiger charge is -2.36. The van der Waals surface area contributed by atoms with Crippen molar-refractivity contribution in [2.24, 2.45) is 0 Å². The molecule has 3 N–H and O–H groups in total. The van der Waals surface area contributed by atoms with Crippen LogP contribution in [0.5, 0.6) is 11.5 Å². The summed E-state index contributed by atoms with van der Waals surface area (Å²) in [6, 6.07) is 5.32. The van der Waals surface area contributed by atoms with Gasteiger partial charge in [0.25, 0.3) is 0 Å². The van der Waals surface area contributed by atoms with Crippen molar-refractivity contribution in [3.8, 4) is 11.5 Å². The largest absolute Gasteiger partial charge is 0.504 e. The van der Waals surface area contributed by atoms with Crippen molar-refractivity contribution in [3.63, 3.8) is 0 Å². The number of phenols is 1. The molecule has 0 spiro atoms. The number of nitrogens with one attached hydrogen (secondary N) is 1. The van der Waals surface area contributed by atoms with Crippen molar-refractivity contribution in [3.05, 3.63) is 35.9 Å². The predicted octanol–water partition coefficient (Wildman–Crippen LogP) is 2.17. The van der Waals surface area contributed by atoms with Crippen LogP contribution in [0.3, 0.4) is 0 Å². The highest BCUT2D eigenvalue weighted by Crippen LogP contribution is 2.38. The van der Waals surface area contributed by atoms with E-state index in [1.165, 1.54) is 7.11 Å². The SMILES string of the molecule is CNCC(c1ccc(OC)c(O)c1)C1(O)C=CCCC1. The van der Waals surface area contributed by atoms with Gasteiger partial charge in [-0.05, 0) is 44.0 Å². The lowest BCUT2D eigenvalue weighted by atomic mass is 9.76. The smallest absolute Gasteiger partial charge is 0.160 e. The van der Waals surface area contributed by atoms with Crippen molar-refractivity contribution in [1.82, 2.24) is 5.32 Å². The zero-order chi connectivity index (χ0) is 14.6. The number of hydrogen-bond donors (Lipinski definition) is 3. The fourth-order valence-corrected chi connectivity index (χ4v) is 2.88. The minimum absolute atomic E-state index is 0.0964. The Morgan fingerprint density at radius 2 is 2.25 bits per heavy atom. The van der Waals surface area contributed by atoms with Gasteiger partial charge in [-0.3, -0.25) is 0 Å². The van der Waals surface area contributed by atoms with E-state index >= 15 is 0 Å². The first-order valence-electron chi connectivity index (χ1n) is 7.02. The number of allylic oxidation sites excluding steroid dienone is 1. The van der Waals surface area contributed by atoms with E-state index in [4.69, 9.17) is 4.74 Å². The Kier molecular flexibility index (Phi) is 4.68. The molecule has 0 amide bonds. The van der Waals surface area contributed by atoms with Gasteiger partial charge in [-0.15, -0.1) is 0 Å². The van der Waals surface area contributed by atoms with Crippen molar-refractivity contribution in [2.45, 2.75) is 30.8 Å². The third-order valence-corrected chi connectivity index (χ3v) is 3.97. The van der Waals surface area contributed by atoms with Crippen LogP contribution in [0, 0.1) is 0 Å². The average molecular weight is 277 g/mol. The summed E-state index contributed by atoms with van der Waals surface area (Å²) in [5, 5.41) is 24.0. The summed E-state index contributed by atoms with van der Waals surface area (Å²) in [4.78, 5) is 0. The Morgan fingerprint density at radius 3 is 2.80 bits per heavy atom. The van der Waals surface area contributed by atoms with Gasteiger partial charge < -0.3 is 20.3 Å². The second kappa shape index (κ2) is 6.29. The first kappa shape index (κ1) is 14.9. The molecule has 1 aliphatic carbocycles. The molecule has 1 aromatic rings. The monoisotopic (exact) mass is 277 g/mol. The number of ether oxygens (including phenoxy) is 1. The summed E-state index contributed by atoms with van der Waals surface area (Å²) < 4.78 is 5.07. The highest BCUT2D eigenvalue weighted by atomic mass is 16.5. The molecule has 4 nitrogen and oxygen atoms in total. The van der Waals surface area contributed by atoms with Crippen LogP contribution in [0.4, 0.5) is 0 Å². The first-order chi connectivity index (χ1) is 9.60. The minimum Gasteiger partial charge on any atom is -0.504 e. The summed E-state index contributed by atoms with van der Waals surface area (Å²) >= 11 is 0. The number of aliphatic hydroxyl groups is 1. The Morgan fingerprint density at radius 1 is 1.45 bits per heavy atom. The molecule has 2 atom stereocenters. The van der Waals surface area contributed by atoms with E-state index in [1.807, 2.05) is 25.3 Å². The molecular formula is C16H23NO3. The molecule has 0 heterocycles. The molecule has 0 saturated heterocycles. The average Bonchev–Trinajstić information content (AvgIpc) is 2.45. The summed E-state index contributed by atoms with van der Waals surface area (Å²) in [6.45, 7) is 0.645. The number of benzene rings is 1. The van der Waals surface area contributed by atoms with E-state index in [0.717, 1.165) is 24.8 Å². The Hall–Kier alpha value is -1.52. The lowest BCUT2D eigenvalue weighted by Crippen LogP contribution is -2.40. The van der Waals surface area contributed by atoms with Gasteiger partial charge in [0.1, 0.15) is 0 Å². The van der Waals surface area contributed by atoms with Gasteiger partial charge >= 0.3 is 0 Å². The van der Waals surface area contributed by atoms with E-state index in [0.29, 0.717) is 12.3 Å².